The molecule has 0 saturated heterocycles. The van der Waals surface area contributed by atoms with Crippen molar-refractivity contribution in [1.29, 1.82) is 0 Å². The predicted molar refractivity (Wildman–Crippen MR) is 123 cm³/mol. The van der Waals surface area contributed by atoms with Crippen LogP contribution in [0.25, 0.3) is 0 Å². The number of hydrogen-bond acceptors (Lipinski definition) is 5. The number of halogens is 1. The van der Waals surface area contributed by atoms with E-state index in [0.29, 0.717) is 11.6 Å². The molecular weight excluding hydrogens is 418 g/mol. The van der Waals surface area contributed by atoms with Crippen LogP contribution in [0.4, 0.5) is 5.69 Å². The summed E-state index contributed by atoms with van der Waals surface area (Å²) in [6.45, 7) is 2.80. The van der Waals surface area contributed by atoms with Crippen LogP contribution in [-0.4, -0.2) is 45.4 Å². The number of rotatable bonds is 9. The highest BCUT2D eigenvalue weighted by Gasteiger charge is 2.22. The Balaban J connectivity index is 1.76. The van der Waals surface area contributed by atoms with Crippen molar-refractivity contribution < 1.29 is 4.79 Å². The standard InChI is InChI=1S/C22H26ClN5OS/c1-4-19(27(2)3)21-25-26-22(28(21)14-16-8-6-5-7-9-16)30-15-20(29)24-18-12-10-17(23)11-13-18/h5-13,19H,4,14-15H2,1-3H3,(H,24,29)/t19-/m0/s1. The van der Waals surface area contributed by atoms with Gasteiger partial charge in [-0.3, -0.25) is 9.69 Å². The van der Waals surface area contributed by atoms with Crippen molar-refractivity contribution in [1.82, 2.24) is 19.7 Å². The van der Waals surface area contributed by atoms with Gasteiger partial charge in [0.25, 0.3) is 0 Å². The highest BCUT2D eigenvalue weighted by molar-refractivity contribution is 7.99. The Morgan fingerprint density at radius 3 is 2.47 bits per heavy atom. The van der Waals surface area contributed by atoms with Gasteiger partial charge in [0.2, 0.25) is 5.91 Å². The highest BCUT2D eigenvalue weighted by Crippen LogP contribution is 2.26. The summed E-state index contributed by atoms with van der Waals surface area (Å²) in [5.41, 5.74) is 1.88. The van der Waals surface area contributed by atoms with Gasteiger partial charge in [0.1, 0.15) is 0 Å². The van der Waals surface area contributed by atoms with Crippen LogP contribution < -0.4 is 5.32 Å². The van der Waals surface area contributed by atoms with E-state index >= 15 is 0 Å². The van der Waals surface area contributed by atoms with E-state index in [-0.39, 0.29) is 17.7 Å². The smallest absolute Gasteiger partial charge is 0.234 e. The van der Waals surface area contributed by atoms with E-state index in [1.807, 2.05) is 32.3 Å². The molecule has 2 aromatic carbocycles. The fraction of sp³-hybridized carbons (Fsp3) is 0.318. The van der Waals surface area contributed by atoms with Gasteiger partial charge in [-0.25, -0.2) is 0 Å². The van der Waals surface area contributed by atoms with Crippen LogP contribution in [0.1, 0.15) is 30.8 Å². The molecule has 0 aliphatic rings. The second kappa shape index (κ2) is 10.6. The normalized spacial score (nSPS) is 12.2. The summed E-state index contributed by atoms with van der Waals surface area (Å²) < 4.78 is 2.11. The molecule has 30 heavy (non-hydrogen) atoms. The number of benzene rings is 2. The molecule has 3 aromatic rings. The molecule has 1 N–H and O–H groups in total. The van der Waals surface area contributed by atoms with Crippen LogP contribution in [0, 0.1) is 0 Å². The number of aromatic nitrogens is 3. The van der Waals surface area contributed by atoms with Crippen LogP contribution in [-0.2, 0) is 11.3 Å². The Labute approximate surface area is 186 Å². The Kier molecular flexibility index (Phi) is 7.90. The molecule has 0 aliphatic heterocycles. The molecule has 0 saturated carbocycles. The molecule has 1 heterocycles. The third kappa shape index (κ3) is 5.84. The van der Waals surface area contributed by atoms with Gasteiger partial charge in [-0.15, -0.1) is 10.2 Å². The lowest BCUT2D eigenvalue weighted by Crippen LogP contribution is -2.23. The number of carbonyl (C=O) groups excluding carboxylic acids is 1. The molecular formula is C22H26ClN5OS. The minimum absolute atomic E-state index is 0.0993. The molecule has 0 fully saturated rings. The van der Waals surface area contributed by atoms with Gasteiger partial charge >= 0.3 is 0 Å². The number of thioether (sulfide) groups is 1. The molecule has 0 bridgehead atoms. The van der Waals surface area contributed by atoms with Gasteiger partial charge in [-0.2, -0.15) is 0 Å². The van der Waals surface area contributed by atoms with Crippen molar-refractivity contribution in [2.75, 3.05) is 25.2 Å². The van der Waals surface area contributed by atoms with Crippen LogP contribution in [0.15, 0.2) is 59.8 Å². The summed E-state index contributed by atoms with van der Waals surface area (Å²) in [4.78, 5) is 14.6. The van der Waals surface area contributed by atoms with Crippen LogP contribution >= 0.6 is 23.4 Å². The lowest BCUT2D eigenvalue weighted by Gasteiger charge is -2.23. The number of anilines is 1. The van der Waals surface area contributed by atoms with E-state index in [2.05, 4.69) is 44.0 Å². The number of nitrogens with one attached hydrogen (secondary N) is 1. The first kappa shape index (κ1) is 22.3. The van der Waals surface area contributed by atoms with Crippen molar-refractivity contribution >= 4 is 35.0 Å². The topological polar surface area (TPSA) is 63.1 Å². The quantitative estimate of drug-likeness (QED) is 0.484. The summed E-state index contributed by atoms with van der Waals surface area (Å²) in [7, 11) is 4.09. The molecule has 6 nitrogen and oxygen atoms in total. The number of hydrogen-bond donors (Lipinski definition) is 1. The minimum atomic E-state index is -0.0993. The van der Waals surface area contributed by atoms with Crippen LogP contribution in [0.5, 0.6) is 0 Å². The number of nitrogens with zero attached hydrogens (tertiary/aromatic N) is 4. The second-order valence-corrected chi connectivity index (χ2v) is 8.52. The molecule has 3 rings (SSSR count). The van der Waals surface area contributed by atoms with Crippen molar-refractivity contribution in [3.8, 4) is 0 Å². The second-order valence-electron chi connectivity index (χ2n) is 7.14. The molecule has 8 heteroatoms. The fourth-order valence-corrected chi connectivity index (χ4v) is 4.08. The van der Waals surface area contributed by atoms with E-state index in [1.165, 1.54) is 17.3 Å². The van der Waals surface area contributed by atoms with Gasteiger partial charge in [-0.05, 0) is 50.3 Å². The molecule has 0 radical (unpaired) electrons. The average molecular weight is 444 g/mol. The Hall–Kier alpha value is -2.35. The van der Waals surface area contributed by atoms with E-state index in [9.17, 15) is 4.79 Å². The zero-order valence-corrected chi connectivity index (χ0v) is 19.0. The number of amides is 1. The van der Waals surface area contributed by atoms with Gasteiger partial charge in [-0.1, -0.05) is 60.6 Å². The molecule has 1 atom stereocenters. The molecule has 0 spiro atoms. The molecule has 0 aliphatic carbocycles. The average Bonchev–Trinajstić information content (AvgIpc) is 3.11. The molecule has 158 valence electrons. The molecule has 1 amide bonds. The monoisotopic (exact) mass is 443 g/mol. The third-order valence-corrected chi connectivity index (χ3v) is 5.92. The third-order valence-electron chi connectivity index (χ3n) is 4.70. The zero-order chi connectivity index (χ0) is 21.5. The van der Waals surface area contributed by atoms with E-state index in [0.717, 1.165) is 23.1 Å². The van der Waals surface area contributed by atoms with Gasteiger partial charge in [0.15, 0.2) is 11.0 Å². The maximum Gasteiger partial charge on any atom is 0.234 e. The van der Waals surface area contributed by atoms with Crippen molar-refractivity contribution in [2.24, 2.45) is 0 Å². The highest BCUT2D eigenvalue weighted by atomic mass is 35.5. The SMILES string of the molecule is CC[C@@H](c1nnc(SCC(=O)Nc2ccc(Cl)cc2)n1Cc1ccccc1)N(C)C. The Morgan fingerprint density at radius 1 is 1.13 bits per heavy atom. The van der Waals surface area contributed by atoms with E-state index in [1.54, 1.807) is 24.3 Å². The number of carbonyl (C=O) groups is 1. The summed E-state index contributed by atoms with van der Waals surface area (Å²) in [6, 6.07) is 17.4. The Bertz CT molecular complexity index is 959. The summed E-state index contributed by atoms with van der Waals surface area (Å²) in [5, 5.41) is 13.1. The Morgan fingerprint density at radius 2 is 1.83 bits per heavy atom. The first-order valence-corrected chi connectivity index (χ1v) is 11.2. The fourth-order valence-electron chi connectivity index (χ4n) is 3.21. The van der Waals surface area contributed by atoms with E-state index < -0.39 is 0 Å². The maximum atomic E-state index is 12.4. The van der Waals surface area contributed by atoms with Gasteiger partial charge in [0.05, 0.1) is 18.3 Å². The van der Waals surface area contributed by atoms with Crippen molar-refractivity contribution in [3.05, 3.63) is 71.0 Å². The zero-order valence-electron chi connectivity index (χ0n) is 17.4. The molecule has 1 aromatic heterocycles. The lowest BCUT2D eigenvalue weighted by molar-refractivity contribution is -0.113. The van der Waals surface area contributed by atoms with Gasteiger partial charge < -0.3 is 9.88 Å². The van der Waals surface area contributed by atoms with Gasteiger partial charge in [0, 0.05) is 10.7 Å². The van der Waals surface area contributed by atoms with Crippen molar-refractivity contribution in [3.63, 3.8) is 0 Å². The lowest BCUT2D eigenvalue weighted by atomic mass is 10.2. The van der Waals surface area contributed by atoms with Crippen LogP contribution in [0.2, 0.25) is 5.02 Å². The van der Waals surface area contributed by atoms with E-state index in [4.69, 9.17) is 11.6 Å². The minimum Gasteiger partial charge on any atom is -0.325 e. The first-order valence-electron chi connectivity index (χ1n) is 9.79. The maximum absolute atomic E-state index is 12.4. The van der Waals surface area contributed by atoms with Crippen LogP contribution in [0.3, 0.4) is 0 Å². The van der Waals surface area contributed by atoms with Crippen molar-refractivity contribution in [2.45, 2.75) is 31.1 Å². The predicted octanol–water partition coefficient (Wildman–Crippen LogP) is 4.72. The molecule has 0 unspecified atom stereocenters. The summed E-state index contributed by atoms with van der Waals surface area (Å²) >= 11 is 7.29. The summed E-state index contributed by atoms with van der Waals surface area (Å²) in [6.07, 6.45) is 0.918. The largest absolute Gasteiger partial charge is 0.325 e. The summed E-state index contributed by atoms with van der Waals surface area (Å²) in [5.74, 6) is 1.05. The first-order chi connectivity index (χ1) is 14.5.